The molecular formula is CH7Cl2N3. The number of hydrogen-bond donors (Lipinski definition) is 3. The normalized spacial score (nSPS) is 4.00. The maximum atomic E-state index is 6.06. The summed E-state index contributed by atoms with van der Waals surface area (Å²) >= 11 is 0. The van der Waals surface area contributed by atoms with Gasteiger partial charge in [0.05, 0.1) is 0 Å². The van der Waals surface area contributed by atoms with Crippen molar-refractivity contribution < 1.29 is 13.8 Å². The third-order valence-electron chi connectivity index (χ3n) is 0. The van der Waals surface area contributed by atoms with Crippen molar-refractivity contribution in [3.8, 4) is 0 Å². The third-order valence-corrected chi connectivity index (χ3v) is 0. The molecule has 0 aromatic rings. The van der Waals surface area contributed by atoms with Gasteiger partial charge in [0.2, 0.25) is 0 Å². The molecule has 0 aromatic heterocycles. The zero-order valence-corrected chi connectivity index (χ0v) is 4.51. The molecule has 0 saturated carbocycles. The van der Waals surface area contributed by atoms with E-state index in [4.69, 9.17) is 5.41 Å². The molecule has 0 bridgehead atoms. The molecule has 0 atom stereocenters. The summed E-state index contributed by atoms with van der Waals surface area (Å²) in [6, 6.07) is 0. The molecule has 6 heavy (non-hydrogen) atoms. The molecule has 0 rings (SSSR count). The highest BCUT2D eigenvalue weighted by molar-refractivity contribution is 5.85. The maximum absolute atomic E-state index is 6.06. The number of nitrogens with one attached hydrogen (secondary N) is 1. The van der Waals surface area contributed by atoms with E-state index < -0.39 is 0 Å². The van der Waals surface area contributed by atoms with Crippen LogP contribution in [0.5, 0.6) is 0 Å². The average molecular weight is 132 g/mol. The highest BCUT2D eigenvalue weighted by Crippen LogP contribution is 1.13. The second kappa shape index (κ2) is 8.85. The zero-order valence-electron chi connectivity index (χ0n) is 3.94. The minimum Gasteiger partial charge on any atom is -1.00 e. The third kappa shape index (κ3) is 1390. The number of nitrogens with two attached hydrogens (primary N) is 2. The summed E-state index contributed by atoms with van der Waals surface area (Å²) in [5.41, 5.74) is 8.94. The van der Waals surface area contributed by atoms with E-state index in [-0.39, 0.29) is 32.2 Å². The standard InChI is InChI=1S/CH5N3.2ClH/c2-1(3)4;;/h(H5,2,3,4);2*1H. The largest absolute Gasteiger partial charge is 1.00 e. The number of guanidine groups is 1. The van der Waals surface area contributed by atoms with Gasteiger partial charge in [-0.2, -0.15) is 0 Å². The Hall–Kier alpha value is -0.150. The minimum absolute atomic E-state index is 0. The summed E-state index contributed by atoms with van der Waals surface area (Å²) in [5.74, 6) is -0.333. The molecule has 0 aliphatic carbocycles. The Balaban J connectivity index is -0.0000000150. The van der Waals surface area contributed by atoms with E-state index in [9.17, 15) is 0 Å². The van der Waals surface area contributed by atoms with Gasteiger partial charge < -0.3 is 23.9 Å². The van der Waals surface area contributed by atoms with Crippen LogP contribution in [0.3, 0.4) is 0 Å². The molecule has 0 aliphatic rings. The fraction of sp³-hybridized carbons (Fsp3) is 0. The van der Waals surface area contributed by atoms with Gasteiger partial charge in [0.25, 0.3) is 0 Å². The predicted octanol–water partition coefficient (Wildman–Crippen LogP) is -3.62. The summed E-state index contributed by atoms with van der Waals surface area (Å²) in [4.78, 5) is 0. The first kappa shape index (κ1) is 16.9. The molecule has 40 valence electrons. The van der Waals surface area contributed by atoms with E-state index in [1.165, 1.54) is 0 Å². The molecule has 0 aromatic carbocycles. The van der Waals surface area contributed by atoms with Gasteiger partial charge in [-0.15, -0.1) is 12.4 Å². The Morgan fingerprint density at radius 3 is 1.50 bits per heavy atom. The fourth-order valence-corrected chi connectivity index (χ4v) is 0. The minimum atomic E-state index is -0.333. The van der Waals surface area contributed by atoms with Gasteiger partial charge >= 0.3 is 1.43 Å². The van der Waals surface area contributed by atoms with Crippen LogP contribution in [0.1, 0.15) is 1.43 Å². The van der Waals surface area contributed by atoms with Crippen LogP contribution in [0, 0.1) is 5.41 Å². The van der Waals surface area contributed by atoms with Crippen LogP contribution in [-0.2, 0) is 0 Å². The summed E-state index contributed by atoms with van der Waals surface area (Å²) in [7, 11) is 0. The number of halogens is 2. The molecule has 0 heterocycles. The van der Waals surface area contributed by atoms with Crippen LogP contribution >= 0.6 is 12.4 Å². The molecular weight excluding hydrogens is 125 g/mol. The van der Waals surface area contributed by atoms with Crippen molar-refractivity contribution in [3.05, 3.63) is 0 Å². The monoisotopic (exact) mass is 131 g/mol. The number of rotatable bonds is 0. The van der Waals surface area contributed by atoms with Crippen molar-refractivity contribution in [2.45, 2.75) is 0 Å². The van der Waals surface area contributed by atoms with E-state index in [2.05, 4.69) is 11.5 Å². The van der Waals surface area contributed by atoms with Crippen molar-refractivity contribution >= 4 is 18.4 Å². The molecule has 5 heteroatoms. The van der Waals surface area contributed by atoms with E-state index in [0.717, 1.165) is 0 Å². The van der Waals surface area contributed by atoms with Gasteiger partial charge in [0, 0.05) is 0 Å². The van der Waals surface area contributed by atoms with Crippen LogP contribution in [0.15, 0.2) is 0 Å². The first-order valence-corrected chi connectivity index (χ1v) is 0.827. The van der Waals surface area contributed by atoms with Crippen molar-refractivity contribution in [1.82, 2.24) is 0 Å². The summed E-state index contributed by atoms with van der Waals surface area (Å²) < 4.78 is 0. The Labute approximate surface area is 49.9 Å². The maximum Gasteiger partial charge on any atom is 1.00 e. The lowest BCUT2D eigenvalue weighted by Gasteiger charge is -1.69. The molecule has 0 radical (unpaired) electrons. The highest BCUT2D eigenvalue weighted by atomic mass is 35.5. The second-order valence-electron chi connectivity index (χ2n) is 0.455. The lowest BCUT2D eigenvalue weighted by molar-refractivity contribution is -0.00000164. The molecule has 3 nitrogen and oxygen atoms in total. The second-order valence-corrected chi connectivity index (χ2v) is 0.455. The van der Waals surface area contributed by atoms with Gasteiger partial charge in [0.1, 0.15) is 0 Å². The average Bonchev–Trinajstić information content (AvgIpc) is 0.811. The predicted molar refractivity (Wildman–Crippen MR) is 24.5 cm³/mol. The van der Waals surface area contributed by atoms with Gasteiger partial charge in [-0.3, -0.25) is 5.41 Å². The van der Waals surface area contributed by atoms with Crippen LogP contribution < -0.4 is 23.9 Å². The van der Waals surface area contributed by atoms with Gasteiger partial charge in [-0.1, -0.05) is 0 Å². The van der Waals surface area contributed by atoms with Gasteiger partial charge in [0.15, 0.2) is 5.96 Å². The van der Waals surface area contributed by atoms with Crippen molar-refractivity contribution in [2.24, 2.45) is 11.5 Å². The molecule has 5 N–H and O–H groups in total. The molecule has 0 aliphatic heterocycles. The first-order chi connectivity index (χ1) is 1.73. The first-order valence-electron chi connectivity index (χ1n) is 0.827. The highest BCUT2D eigenvalue weighted by Gasteiger charge is 1.52. The summed E-state index contributed by atoms with van der Waals surface area (Å²) in [6.07, 6.45) is 0. The summed E-state index contributed by atoms with van der Waals surface area (Å²) in [5, 5.41) is 6.06. The van der Waals surface area contributed by atoms with E-state index in [1.807, 2.05) is 0 Å². The van der Waals surface area contributed by atoms with Crippen LogP contribution in [0.4, 0.5) is 0 Å². The molecule has 0 unspecified atom stereocenters. The lowest BCUT2D eigenvalue weighted by Crippen LogP contribution is -3.00. The Morgan fingerprint density at radius 1 is 1.50 bits per heavy atom. The van der Waals surface area contributed by atoms with E-state index in [1.54, 1.807) is 0 Å². The SMILES string of the molecule is Cl.N=C(N)N.[Cl-].[H+]. The quantitative estimate of drug-likeness (QED) is 0.235. The Morgan fingerprint density at radius 2 is 1.50 bits per heavy atom. The van der Waals surface area contributed by atoms with Crippen molar-refractivity contribution in [2.75, 3.05) is 0 Å². The van der Waals surface area contributed by atoms with Crippen LogP contribution in [0.2, 0.25) is 0 Å². The van der Waals surface area contributed by atoms with Crippen LogP contribution in [0.25, 0.3) is 0 Å². The van der Waals surface area contributed by atoms with E-state index in [0.29, 0.717) is 0 Å². The number of hydrogen-bond acceptors (Lipinski definition) is 1. The Kier molecular flexibility index (Phi) is 25.0. The molecule has 0 spiro atoms. The van der Waals surface area contributed by atoms with Gasteiger partial charge in [-0.25, -0.2) is 0 Å². The van der Waals surface area contributed by atoms with Gasteiger partial charge in [-0.05, 0) is 0 Å². The van der Waals surface area contributed by atoms with Crippen molar-refractivity contribution in [3.63, 3.8) is 0 Å². The molecule has 0 fully saturated rings. The fourth-order valence-electron chi connectivity index (χ4n) is 0. The van der Waals surface area contributed by atoms with Crippen molar-refractivity contribution in [1.29, 1.82) is 5.41 Å². The smallest absolute Gasteiger partial charge is 1.00 e. The molecule has 0 saturated heterocycles. The van der Waals surface area contributed by atoms with Crippen LogP contribution in [-0.4, -0.2) is 5.96 Å². The summed E-state index contributed by atoms with van der Waals surface area (Å²) in [6.45, 7) is 0. The van der Waals surface area contributed by atoms with E-state index >= 15 is 0 Å². The lowest BCUT2D eigenvalue weighted by atomic mass is 11.1. The zero-order chi connectivity index (χ0) is 3.58. The Bertz CT molecular complexity index is 35.9. The molecule has 0 amide bonds. The topological polar surface area (TPSA) is 75.9 Å².